The lowest BCUT2D eigenvalue weighted by atomic mass is 10.0. The molecule has 0 saturated carbocycles. The molecule has 5 nitrogen and oxygen atoms in total. The van der Waals surface area contributed by atoms with E-state index < -0.39 is 0 Å². The van der Waals surface area contributed by atoms with Crippen LogP contribution in [0.25, 0.3) is 0 Å². The van der Waals surface area contributed by atoms with Crippen molar-refractivity contribution in [3.8, 4) is 5.75 Å². The van der Waals surface area contributed by atoms with Gasteiger partial charge in [-0.3, -0.25) is 9.89 Å². The molecular weight excluding hydrogens is 399 g/mol. The third kappa shape index (κ3) is 6.44. The third-order valence-electron chi connectivity index (χ3n) is 5.45. The van der Waals surface area contributed by atoms with Crippen LogP contribution in [0.15, 0.2) is 40.7 Å². The topological polar surface area (TPSA) is 48.9 Å². The Morgan fingerprint density at radius 2 is 2.13 bits per heavy atom. The number of methoxy groups -OCH3 is 1. The van der Waals surface area contributed by atoms with Crippen LogP contribution in [0.5, 0.6) is 5.75 Å². The van der Waals surface area contributed by atoms with Crippen molar-refractivity contribution in [1.82, 2.24) is 15.5 Å². The molecule has 2 aromatic rings. The van der Waals surface area contributed by atoms with Crippen molar-refractivity contribution in [3.05, 3.63) is 52.0 Å². The lowest BCUT2D eigenvalue weighted by Crippen LogP contribution is -2.48. The molecule has 1 atom stereocenters. The van der Waals surface area contributed by atoms with E-state index >= 15 is 0 Å². The molecule has 3 rings (SSSR count). The summed E-state index contributed by atoms with van der Waals surface area (Å²) in [4.78, 5) is 8.56. The van der Waals surface area contributed by atoms with Crippen LogP contribution < -0.4 is 15.4 Å². The zero-order valence-electron chi connectivity index (χ0n) is 18.2. The van der Waals surface area contributed by atoms with Gasteiger partial charge in [0, 0.05) is 43.0 Å². The van der Waals surface area contributed by atoms with Crippen LogP contribution in [0.3, 0.4) is 0 Å². The van der Waals surface area contributed by atoms with Crippen LogP contribution in [0.4, 0.5) is 4.39 Å². The van der Waals surface area contributed by atoms with E-state index in [1.165, 1.54) is 12.0 Å². The number of rotatable bonds is 8. The molecule has 1 aliphatic rings. The molecule has 0 spiro atoms. The summed E-state index contributed by atoms with van der Waals surface area (Å²) in [5, 5.41) is 9.10. The first-order valence-corrected chi connectivity index (χ1v) is 11.6. The minimum absolute atomic E-state index is 0.296. The average molecular weight is 433 g/mol. The number of halogens is 1. The lowest BCUT2D eigenvalue weighted by Gasteiger charge is -2.33. The zero-order chi connectivity index (χ0) is 21.3. The molecule has 0 aliphatic carbocycles. The Bertz CT molecular complexity index is 804. The molecule has 0 amide bonds. The van der Waals surface area contributed by atoms with Crippen LogP contribution in [-0.2, 0) is 6.54 Å². The normalized spacial score (nSPS) is 17.0. The predicted octanol–water partition coefficient (Wildman–Crippen LogP) is 4.22. The van der Waals surface area contributed by atoms with E-state index in [4.69, 9.17) is 9.73 Å². The van der Waals surface area contributed by atoms with Gasteiger partial charge in [0.05, 0.1) is 13.7 Å². The van der Waals surface area contributed by atoms with Crippen LogP contribution in [0.2, 0.25) is 0 Å². The largest absolute Gasteiger partial charge is 0.494 e. The minimum Gasteiger partial charge on any atom is -0.494 e. The molecule has 2 heterocycles. The number of benzene rings is 1. The van der Waals surface area contributed by atoms with Gasteiger partial charge in [-0.1, -0.05) is 19.1 Å². The number of ether oxygens (including phenoxy) is 1. The molecule has 30 heavy (non-hydrogen) atoms. The molecular formula is C23H33FN4OS. The molecule has 1 saturated heterocycles. The van der Waals surface area contributed by atoms with Gasteiger partial charge >= 0.3 is 0 Å². The summed E-state index contributed by atoms with van der Waals surface area (Å²) in [7, 11) is 1.49. The number of nitrogens with one attached hydrogen (secondary N) is 2. The van der Waals surface area contributed by atoms with Crippen molar-refractivity contribution in [2.24, 2.45) is 4.99 Å². The highest BCUT2D eigenvalue weighted by molar-refractivity contribution is 7.10. The van der Waals surface area contributed by atoms with Crippen molar-refractivity contribution < 1.29 is 9.13 Å². The maximum Gasteiger partial charge on any atom is 0.191 e. The Morgan fingerprint density at radius 3 is 2.77 bits per heavy atom. The number of hydrogen-bond acceptors (Lipinski definition) is 4. The Hall–Kier alpha value is -2.12. The van der Waals surface area contributed by atoms with Gasteiger partial charge in [-0.25, -0.2) is 4.39 Å². The Kier molecular flexibility index (Phi) is 8.51. The fourth-order valence-corrected chi connectivity index (χ4v) is 4.48. The van der Waals surface area contributed by atoms with E-state index in [-0.39, 0.29) is 5.82 Å². The average Bonchev–Trinajstić information content (AvgIpc) is 3.28. The standard InChI is InChI=1S/C23H33FN4OS/c1-4-25-23(26-15-17(2)22-6-5-13-30-22)27-19-9-11-28(12-10-19)16-18-7-8-21(29-3)20(24)14-18/h5-8,13-14,17,19H,4,9-12,15-16H2,1-3H3,(H2,25,26,27). The predicted molar refractivity (Wildman–Crippen MR) is 123 cm³/mol. The second-order valence-electron chi connectivity index (χ2n) is 7.80. The minimum atomic E-state index is -0.296. The monoisotopic (exact) mass is 432 g/mol. The summed E-state index contributed by atoms with van der Waals surface area (Å²) >= 11 is 1.79. The second-order valence-corrected chi connectivity index (χ2v) is 8.78. The fourth-order valence-electron chi connectivity index (χ4n) is 3.71. The Balaban J connectivity index is 1.48. The molecule has 1 aliphatic heterocycles. The van der Waals surface area contributed by atoms with Gasteiger partial charge in [0.2, 0.25) is 0 Å². The van der Waals surface area contributed by atoms with Crippen molar-refractivity contribution in [1.29, 1.82) is 0 Å². The van der Waals surface area contributed by atoms with Crippen LogP contribution in [0.1, 0.15) is 43.0 Å². The summed E-state index contributed by atoms with van der Waals surface area (Å²) in [5.74, 6) is 1.32. The summed E-state index contributed by atoms with van der Waals surface area (Å²) in [6.07, 6.45) is 2.09. The first kappa shape index (κ1) is 22.6. The molecule has 164 valence electrons. The first-order valence-electron chi connectivity index (χ1n) is 10.7. The van der Waals surface area contributed by atoms with Gasteiger partial charge in [0.25, 0.3) is 0 Å². The van der Waals surface area contributed by atoms with Crippen LogP contribution in [0, 0.1) is 5.82 Å². The summed E-state index contributed by atoms with van der Waals surface area (Å²) in [6, 6.07) is 9.90. The van der Waals surface area contributed by atoms with E-state index in [1.54, 1.807) is 23.5 Å². The quantitative estimate of drug-likeness (QED) is 0.484. The van der Waals surface area contributed by atoms with Crippen LogP contribution >= 0.6 is 11.3 Å². The first-order chi connectivity index (χ1) is 14.6. The molecule has 0 radical (unpaired) electrons. The highest BCUT2D eigenvalue weighted by Gasteiger charge is 2.20. The van der Waals surface area contributed by atoms with E-state index in [9.17, 15) is 4.39 Å². The number of aliphatic imine (C=N–C) groups is 1. The van der Waals surface area contributed by atoms with Gasteiger partial charge in [0.1, 0.15) is 0 Å². The number of nitrogens with zero attached hydrogens (tertiary/aromatic N) is 2. The highest BCUT2D eigenvalue weighted by atomic mass is 32.1. The number of piperidine rings is 1. The third-order valence-corrected chi connectivity index (χ3v) is 6.55. The second kappa shape index (κ2) is 11.3. The van der Waals surface area contributed by atoms with Crippen molar-refractivity contribution >= 4 is 17.3 Å². The van der Waals surface area contributed by atoms with Gasteiger partial charge in [-0.2, -0.15) is 0 Å². The number of hydrogen-bond donors (Lipinski definition) is 2. The molecule has 1 aromatic carbocycles. The van der Waals surface area contributed by atoms with Crippen molar-refractivity contribution in [2.45, 2.75) is 45.2 Å². The number of likely N-dealkylation sites (tertiary alicyclic amines) is 1. The SMILES string of the molecule is CCNC(=NCC(C)c1cccs1)NC1CCN(Cc2ccc(OC)c(F)c2)CC1. The van der Waals surface area contributed by atoms with Gasteiger partial charge in [-0.05, 0) is 48.9 Å². The zero-order valence-corrected chi connectivity index (χ0v) is 19.0. The van der Waals surface area contributed by atoms with E-state index in [0.717, 1.165) is 57.1 Å². The fraction of sp³-hybridized carbons (Fsp3) is 0.522. The Labute approximate surface area is 183 Å². The smallest absolute Gasteiger partial charge is 0.191 e. The highest BCUT2D eigenvalue weighted by Crippen LogP contribution is 2.21. The van der Waals surface area contributed by atoms with E-state index in [1.807, 2.05) is 6.07 Å². The summed E-state index contributed by atoms with van der Waals surface area (Å²) in [5.41, 5.74) is 0.983. The molecule has 2 N–H and O–H groups in total. The molecule has 1 unspecified atom stereocenters. The number of thiophene rings is 1. The van der Waals surface area contributed by atoms with Crippen LogP contribution in [-0.4, -0.2) is 50.2 Å². The lowest BCUT2D eigenvalue weighted by molar-refractivity contribution is 0.198. The van der Waals surface area contributed by atoms with E-state index in [2.05, 4.69) is 46.9 Å². The molecule has 1 fully saturated rings. The molecule has 0 bridgehead atoms. The Morgan fingerprint density at radius 1 is 1.33 bits per heavy atom. The summed E-state index contributed by atoms with van der Waals surface area (Å²) < 4.78 is 18.9. The maximum absolute atomic E-state index is 13.9. The summed E-state index contributed by atoms with van der Waals surface area (Å²) in [6.45, 7) is 8.67. The van der Waals surface area contributed by atoms with Crippen molar-refractivity contribution in [2.75, 3.05) is 33.3 Å². The van der Waals surface area contributed by atoms with Gasteiger partial charge in [0.15, 0.2) is 17.5 Å². The van der Waals surface area contributed by atoms with Crippen molar-refractivity contribution in [3.63, 3.8) is 0 Å². The number of guanidine groups is 1. The van der Waals surface area contributed by atoms with E-state index in [0.29, 0.717) is 17.7 Å². The van der Waals surface area contributed by atoms with Gasteiger partial charge in [-0.15, -0.1) is 11.3 Å². The van der Waals surface area contributed by atoms with Gasteiger partial charge < -0.3 is 15.4 Å². The molecule has 7 heteroatoms. The maximum atomic E-state index is 13.9. The molecule has 1 aromatic heterocycles.